The normalized spacial score (nSPS) is 12.7. The van der Waals surface area contributed by atoms with Crippen molar-refractivity contribution in [2.24, 2.45) is 0 Å². The number of carbonyl (C=O) groups excluding carboxylic acids is 1. The minimum absolute atomic E-state index is 0.0312. The molecule has 0 saturated heterocycles. The molecule has 5 heteroatoms. The van der Waals surface area contributed by atoms with Gasteiger partial charge in [-0.3, -0.25) is 4.79 Å². The maximum atomic E-state index is 12.2. The molecule has 1 aliphatic rings. The highest BCUT2D eigenvalue weighted by Crippen LogP contribution is 2.32. The fraction of sp³-hybridized carbons (Fsp3) is 0.133. The molecule has 20 heavy (non-hydrogen) atoms. The van der Waals surface area contributed by atoms with E-state index in [0.717, 1.165) is 24.2 Å². The van der Waals surface area contributed by atoms with Crippen LogP contribution < -0.4 is 10.6 Å². The highest BCUT2D eigenvalue weighted by atomic mass is 79.9. The second-order valence-corrected chi connectivity index (χ2v) is 5.49. The Bertz CT molecular complexity index is 686. The van der Waals surface area contributed by atoms with Crippen LogP contribution in [0.15, 0.2) is 40.9 Å². The summed E-state index contributed by atoms with van der Waals surface area (Å²) in [5, 5.41) is 15.9. The quantitative estimate of drug-likeness (QED) is 0.739. The van der Waals surface area contributed by atoms with Crippen LogP contribution in [0, 0.1) is 0 Å². The van der Waals surface area contributed by atoms with Crippen molar-refractivity contribution in [1.82, 2.24) is 0 Å². The van der Waals surface area contributed by atoms with Crippen molar-refractivity contribution >= 4 is 33.2 Å². The highest BCUT2D eigenvalue weighted by Gasteiger charge is 2.15. The molecule has 102 valence electrons. The van der Waals surface area contributed by atoms with E-state index in [4.69, 9.17) is 0 Å². The van der Waals surface area contributed by atoms with Gasteiger partial charge < -0.3 is 15.7 Å². The topological polar surface area (TPSA) is 61.4 Å². The lowest BCUT2D eigenvalue weighted by Gasteiger charge is -2.09. The van der Waals surface area contributed by atoms with Crippen molar-refractivity contribution in [1.29, 1.82) is 0 Å². The van der Waals surface area contributed by atoms with Crippen LogP contribution in [-0.2, 0) is 6.42 Å². The van der Waals surface area contributed by atoms with Crippen LogP contribution in [0.2, 0.25) is 0 Å². The maximum absolute atomic E-state index is 12.2. The zero-order valence-electron chi connectivity index (χ0n) is 10.6. The largest absolute Gasteiger partial charge is 0.505 e. The number of benzene rings is 2. The summed E-state index contributed by atoms with van der Waals surface area (Å²) in [7, 11) is 0. The molecule has 0 radical (unpaired) electrons. The molecule has 0 fully saturated rings. The van der Waals surface area contributed by atoms with Gasteiger partial charge in [0.15, 0.2) is 5.75 Å². The molecule has 0 atom stereocenters. The van der Waals surface area contributed by atoms with Crippen molar-refractivity contribution in [3.8, 4) is 5.75 Å². The molecule has 0 unspecified atom stereocenters. The van der Waals surface area contributed by atoms with Gasteiger partial charge in [0.05, 0.1) is 10.2 Å². The van der Waals surface area contributed by atoms with Crippen LogP contribution in [0.3, 0.4) is 0 Å². The number of phenolic OH excluding ortho intramolecular Hbond substituents is 1. The fourth-order valence-electron chi connectivity index (χ4n) is 2.26. The Morgan fingerprint density at radius 1 is 1.30 bits per heavy atom. The van der Waals surface area contributed by atoms with Crippen LogP contribution >= 0.6 is 15.9 Å². The lowest BCUT2D eigenvalue weighted by molar-refractivity contribution is 0.102. The number of nitrogens with one attached hydrogen (secondary N) is 2. The van der Waals surface area contributed by atoms with Crippen molar-refractivity contribution in [3.05, 3.63) is 52.0 Å². The number of fused-ring (bicyclic) bond motifs is 1. The average Bonchev–Trinajstić information content (AvgIpc) is 2.91. The smallest absolute Gasteiger partial charge is 0.255 e. The summed E-state index contributed by atoms with van der Waals surface area (Å²) in [5.74, 6) is -0.197. The third kappa shape index (κ3) is 2.36. The van der Waals surface area contributed by atoms with Crippen molar-refractivity contribution < 1.29 is 9.90 Å². The van der Waals surface area contributed by atoms with Gasteiger partial charge in [-0.15, -0.1) is 0 Å². The van der Waals surface area contributed by atoms with E-state index in [-0.39, 0.29) is 11.7 Å². The van der Waals surface area contributed by atoms with Gasteiger partial charge in [-0.1, -0.05) is 6.07 Å². The van der Waals surface area contributed by atoms with Gasteiger partial charge in [-0.05, 0) is 58.2 Å². The highest BCUT2D eigenvalue weighted by molar-refractivity contribution is 9.10. The minimum Gasteiger partial charge on any atom is -0.505 e. The molecule has 1 heterocycles. The number of aromatic hydroxyl groups is 1. The van der Waals surface area contributed by atoms with E-state index in [2.05, 4.69) is 26.6 Å². The van der Waals surface area contributed by atoms with E-state index in [0.29, 0.717) is 15.7 Å². The number of rotatable bonds is 2. The van der Waals surface area contributed by atoms with Gasteiger partial charge in [-0.2, -0.15) is 0 Å². The zero-order valence-corrected chi connectivity index (χ0v) is 12.2. The Labute approximate surface area is 125 Å². The molecule has 3 rings (SSSR count). The number of hydrogen-bond donors (Lipinski definition) is 3. The first-order valence-corrected chi connectivity index (χ1v) is 7.10. The van der Waals surface area contributed by atoms with E-state index < -0.39 is 0 Å². The standard InChI is InChI=1S/C15H13BrN2O2/c16-11-2-1-3-13(14(11)19)18-15(20)10-4-5-12-9(8-10)6-7-17-12/h1-5,8,17,19H,6-7H2,(H,18,20). The third-order valence-corrected chi connectivity index (χ3v) is 3.95. The predicted octanol–water partition coefficient (Wildman–Crippen LogP) is 3.38. The first kappa shape index (κ1) is 13.0. The lowest BCUT2D eigenvalue weighted by Crippen LogP contribution is -2.12. The first-order valence-electron chi connectivity index (χ1n) is 6.31. The van der Waals surface area contributed by atoms with Crippen molar-refractivity contribution in [3.63, 3.8) is 0 Å². The van der Waals surface area contributed by atoms with Gasteiger partial charge >= 0.3 is 0 Å². The summed E-state index contributed by atoms with van der Waals surface area (Å²) in [6.07, 6.45) is 0.929. The van der Waals surface area contributed by atoms with E-state index in [1.54, 1.807) is 24.3 Å². The van der Waals surface area contributed by atoms with Crippen molar-refractivity contribution in [2.45, 2.75) is 6.42 Å². The van der Waals surface area contributed by atoms with Crippen LogP contribution in [0.1, 0.15) is 15.9 Å². The molecule has 0 aliphatic carbocycles. The van der Waals surface area contributed by atoms with Gasteiger partial charge in [0.25, 0.3) is 5.91 Å². The summed E-state index contributed by atoms with van der Waals surface area (Å²) in [6.45, 7) is 0.910. The second kappa shape index (κ2) is 5.17. The summed E-state index contributed by atoms with van der Waals surface area (Å²) in [4.78, 5) is 12.2. The van der Waals surface area contributed by atoms with E-state index in [9.17, 15) is 9.90 Å². The molecule has 4 nitrogen and oxygen atoms in total. The fourth-order valence-corrected chi connectivity index (χ4v) is 2.62. The Hall–Kier alpha value is -2.01. The molecular formula is C15H13BrN2O2. The average molecular weight is 333 g/mol. The van der Waals surface area contributed by atoms with Crippen LogP contribution in [0.5, 0.6) is 5.75 Å². The monoisotopic (exact) mass is 332 g/mol. The van der Waals surface area contributed by atoms with E-state index >= 15 is 0 Å². The minimum atomic E-state index is -0.229. The van der Waals surface area contributed by atoms with Gasteiger partial charge in [0.2, 0.25) is 0 Å². The first-order chi connectivity index (χ1) is 9.65. The predicted molar refractivity (Wildman–Crippen MR) is 82.4 cm³/mol. The van der Waals surface area contributed by atoms with Crippen molar-refractivity contribution in [2.75, 3.05) is 17.2 Å². The number of hydrogen-bond acceptors (Lipinski definition) is 3. The summed E-state index contributed by atoms with van der Waals surface area (Å²) >= 11 is 3.22. The third-order valence-electron chi connectivity index (χ3n) is 3.31. The molecule has 3 N–H and O–H groups in total. The van der Waals surface area contributed by atoms with E-state index in [1.165, 1.54) is 0 Å². The number of anilines is 2. The molecule has 0 spiro atoms. The molecule has 0 aromatic heterocycles. The lowest BCUT2D eigenvalue weighted by atomic mass is 10.1. The summed E-state index contributed by atoms with van der Waals surface area (Å²) < 4.78 is 0.549. The summed E-state index contributed by atoms with van der Waals surface area (Å²) in [6, 6.07) is 10.7. The Balaban J connectivity index is 1.84. The SMILES string of the molecule is O=C(Nc1cccc(Br)c1O)c1ccc2c(c1)CCN2. The molecule has 1 amide bonds. The number of halogens is 1. The van der Waals surface area contributed by atoms with Crippen LogP contribution in [-0.4, -0.2) is 17.6 Å². The molecular weight excluding hydrogens is 320 g/mol. The maximum Gasteiger partial charge on any atom is 0.255 e. The number of para-hydroxylation sites is 1. The Kier molecular flexibility index (Phi) is 3.36. The Morgan fingerprint density at radius 2 is 2.15 bits per heavy atom. The number of carbonyl (C=O) groups is 1. The number of amides is 1. The molecule has 0 saturated carbocycles. The zero-order chi connectivity index (χ0) is 14.1. The number of phenols is 1. The van der Waals surface area contributed by atoms with Gasteiger partial charge in [-0.25, -0.2) is 0 Å². The molecule has 2 aromatic rings. The second-order valence-electron chi connectivity index (χ2n) is 4.64. The molecule has 0 bridgehead atoms. The molecule has 2 aromatic carbocycles. The van der Waals surface area contributed by atoms with Gasteiger partial charge in [0.1, 0.15) is 0 Å². The van der Waals surface area contributed by atoms with E-state index in [1.807, 2.05) is 12.1 Å². The molecule has 1 aliphatic heterocycles. The van der Waals surface area contributed by atoms with Gasteiger partial charge in [0, 0.05) is 17.8 Å². The summed E-state index contributed by atoms with van der Waals surface area (Å²) in [5.41, 5.74) is 3.22. The van der Waals surface area contributed by atoms with Crippen LogP contribution in [0.25, 0.3) is 0 Å². The Morgan fingerprint density at radius 3 is 3.00 bits per heavy atom. The van der Waals surface area contributed by atoms with Crippen LogP contribution in [0.4, 0.5) is 11.4 Å².